The smallest absolute Gasteiger partial charge is 0.191 e. The molecule has 1 fully saturated rings. The monoisotopic (exact) mass is 346 g/mol. The average Bonchev–Trinajstić information content (AvgIpc) is 3.35. The van der Waals surface area contributed by atoms with Crippen LogP contribution in [0.2, 0.25) is 0 Å². The summed E-state index contributed by atoms with van der Waals surface area (Å²) in [5.41, 5.74) is 0. The summed E-state index contributed by atoms with van der Waals surface area (Å²) in [6.45, 7) is 6.72. The van der Waals surface area contributed by atoms with Gasteiger partial charge in [0.1, 0.15) is 5.76 Å². The van der Waals surface area contributed by atoms with Crippen LogP contribution < -0.4 is 10.6 Å². The highest BCUT2D eigenvalue weighted by molar-refractivity contribution is 7.09. The van der Waals surface area contributed by atoms with Gasteiger partial charge in [0.2, 0.25) is 0 Å². The topological polar surface area (TPSA) is 52.8 Å². The molecule has 1 aliphatic heterocycles. The maximum Gasteiger partial charge on any atom is 0.191 e. The predicted octanol–water partition coefficient (Wildman–Crippen LogP) is 3.23. The van der Waals surface area contributed by atoms with E-state index in [1.807, 2.05) is 6.07 Å². The van der Waals surface area contributed by atoms with Gasteiger partial charge in [0.25, 0.3) is 0 Å². The summed E-state index contributed by atoms with van der Waals surface area (Å²) in [5, 5.41) is 8.91. The highest BCUT2D eigenvalue weighted by Gasteiger charge is 2.25. The zero-order chi connectivity index (χ0) is 16.6. The van der Waals surface area contributed by atoms with Gasteiger partial charge < -0.3 is 15.1 Å². The van der Waals surface area contributed by atoms with E-state index in [0.29, 0.717) is 6.54 Å². The normalized spacial score (nSPS) is 17.1. The van der Waals surface area contributed by atoms with E-state index in [1.54, 1.807) is 17.6 Å². The Morgan fingerprint density at radius 2 is 2.17 bits per heavy atom. The molecule has 0 bridgehead atoms. The molecule has 130 valence electrons. The third-order valence-corrected chi connectivity index (χ3v) is 5.09. The van der Waals surface area contributed by atoms with Crippen LogP contribution in [0.1, 0.15) is 36.4 Å². The largest absolute Gasteiger partial charge is 0.468 e. The first kappa shape index (κ1) is 17.0. The Bertz CT molecular complexity index is 603. The van der Waals surface area contributed by atoms with Crippen molar-refractivity contribution in [3.05, 3.63) is 46.5 Å². The number of nitrogens with zero attached hydrogens (tertiary/aromatic N) is 2. The summed E-state index contributed by atoms with van der Waals surface area (Å²) >= 11 is 1.74. The lowest BCUT2D eigenvalue weighted by molar-refractivity contribution is 0.215. The van der Waals surface area contributed by atoms with Gasteiger partial charge >= 0.3 is 0 Å². The van der Waals surface area contributed by atoms with Crippen LogP contribution in [0.5, 0.6) is 0 Å². The second-order valence-electron chi connectivity index (χ2n) is 5.93. The Kier molecular flexibility index (Phi) is 6.32. The molecule has 0 aliphatic carbocycles. The first-order chi connectivity index (χ1) is 11.9. The van der Waals surface area contributed by atoms with E-state index in [4.69, 9.17) is 9.41 Å². The quantitative estimate of drug-likeness (QED) is 0.597. The SMILES string of the molecule is CCNC(=NCc1cccs1)NCC(c1ccco1)N1CCCC1. The number of rotatable bonds is 7. The van der Waals surface area contributed by atoms with Crippen molar-refractivity contribution in [2.75, 3.05) is 26.2 Å². The molecule has 1 unspecified atom stereocenters. The standard InChI is InChI=1S/C18H26N4OS/c1-2-19-18(20-13-15-7-6-12-24-15)21-14-16(17-8-5-11-23-17)22-9-3-4-10-22/h5-8,11-12,16H,2-4,9-10,13-14H2,1H3,(H2,19,20,21). The average molecular weight is 347 g/mol. The molecule has 2 aromatic heterocycles. The molecule has 0 amide bonds. The highest BCUT2D eigenvalue weighted by atomic mass is 32.1. The van der Waals surface area contributed by atoms with Gasteiger partial charge in [-0.1, -0.05) is 6.07 Å². The van der Waals surface area contributed by atoms with Crippen molar-refractivity contribution in [2.45, 2.75) is 32.4 Å². The van der Waals surface area contributed by atoms with Crippen molar-refractivity contribution in [1.29, 1.82) is 0 Å². The van der Waals surface area contributed by atoms with Crippen molar-refractivity contribution in [3.8, 4) is 0 Å². The van der Waals surface area contributed by atoms with Gasteiger partial charge in [-0.3, -0.25) is 4.90 Å². The molecule has 3 rings (SSSR count). The minimum atomic E-state index is 0.257. The van der Waals surface area contributed by atoms with Gasteiger partial charge in [-0.15, -0.1) is 11.3 Å². The third-order valence-electron chi connectivity index (χ3n) is 4.23. The van der Waals surface area contributed by atoms with E-state index < -0.39 is 0 Å². The molecule has 0 spiro atoms. The number of aliphatic imine (C=N–C) groups is 1. The number of furan rings is 1. The third kappa shape index (κ3) is 4.61. The molecular weight excluding hydrogens is 320 g/mol. The summed E-state index contributed by atoms with van der Waals surface area (Å²) < 4.78 is 5.68. The Labute approximate surface area is 147 Å². The van der Waals surface area contributed by atoms with Crippen LogP contribution in [0, 0.1) is 0 Å². The van der Waals surface area contributed by atoms with Crippen molar-refractivity contribution in [3.63, 3.8) is 0 Å². The zero-order valence-electron chi connectivity index (χ0n) is 14.2. The van der Waals surface area contributed by atoms with Crippen LogP contribution >= 0.6 is 11.3 Å². The summed E-state index contributed by atoms with van der Waals surface area (Å²) in [6.07, 6.45) is 4.29. The molecule has 0 radical (unpaired) electrons. The maximum absolute atomic E-state index is 5.68. The number of guanidine groups is 1. The molecule has 6 heteroatoms. The summed E-state index contributed by atoms with van der Waals surface area (Å²) in [6, 6.07) is 8.48. The van der Waals surface area contributed by atoms with E-state index in [-0.39, 0.29) is 6.04 Å². The second-order valence-corrected chi connectivity index (χ2v) is 6.96. The number of hydrogen-bond acceptors (Lipinski definition) is 4. The molecular formula is C18H26N4OS. The predicted molar refractivity (Wildman–Crippen MR) is 99.4 cm³/mol. The fraction of sp³-hybridized carbons (Fsp3) is 0.500. The van der Waals surface area contributed by atoms with Crippen LogP contribution in [0.15, 0.2) is 45.3 Å². The lowest BCUT2D eigenvalue weighted by Gasteiger charge is -2.26. The molecule has 0 aromatic carbocycles. The molecule has 5 nitrogen and oxygen atoms in total. The molecule has 1 aliphatic rings. The van der Waals surface area contributed by atoms with Crippen molar-refractivity contribution in [1.82, 2.24) is 15.5 Å². The van der Waals surface area contributed by atoms with E-state index in [2.05, 4.69) is 46.0 Å². The van der Waals surface area contributed by atoms with Gasteiger partial charge in [0.15, 0.2) is 5.96 Å². The maximum atomic E-state index is 5.68. The summed E-state index contributed by atoms with van der Waals surface area (Å²) in [7, 11) is 0. The van der Waals surface area contributed by atoms with E-state index in [9.17, 15) is 0 Å². The molecule has 1 saturated heterocycles. The van der Waals surface area contributed by atoms with Crippen LogP contribution in [-0.4, -0.2) is 37.0 Å². The highest BCUT2D eigenvalue weighted by Crippen LogP contribution is 2.24. The fourth-order valence-electron chi connectivity index (χ4n) is 3.04. The minimum Gasteiger partial charge on any atom is -0.468 e. The molecule has 24 heavy (non-hydrogen) atoms. The van der Waals surface area contributed by atoms with E-state index in [0.717, 1.165) is 37.9 Å². The number of hydrogen-bond donors (Lipinski definition) is 2. The van der Waals surface area contributed by atoms with Gasteiger partial charge in [-0.05, 0) is 56.4 Å². The Morgan fingerprint density at radius 3 is 2.83 bits per heavy atom. The van der Waals surface area contributed by atoms with Crippen molar-refractivity contribution >= 4 is 17.3 Å². The van der Waals surface area contributed by atoms with Crippen LogP contribution in [0.4, 0.5) is 0 Å². The molecule has 3 heterocycles. The number of nitrogens with one attached hydrogen (secondary N) is 2. The Balaban J connectivity index is 1.63. The first-order valence-corrected chi connectivity index (χ1v) is 9.57. The van der Waals surface area contributed by atoms with E-state index in [1.165, 1.54) is 17.7 Å². The Morgan fingerprint density at radius 1 is 1.29 bits per heavy atom. The van der Waals surface area contributed by atoms with Gasteiger partial charge in [-0.25, -0.2) is 4.99 Å². The van der Waals surface area contributed by atoms with E-state index >= 15 is 0 Å². The lowest BCUT2D eigenvalue weighted by Crippen LogP contribution is -2.42. The summed E-state index contributed by atoms with van der Waals surface area (Å²) in [4.78, 5) is 8.46. The fourth-order valence-corrected chi connectivity index (χ4v) is 3.67. The zero-order valence-corrected chi connectivity index (χ0v) is 15.0. The Hall–Kier alpha value is -1.79. The molecule has 0 saturated carbocycles. The minimum absolute atomic E-state index is 0.257. The van der Waals surface area contributed by atoms with Gasteiger partial charge in [-0.2, -0.15) is 0 Å². The number of likely N-dealkylation sites (tertiary alicyclic amines) is 1. The molecule has 2 aromatic rings. The van der Waals surface area contributed by atoms with Crippen molar-refractivity contribution < 1.29 is 4.42 Å². The van der Waals surface area contributed by atoms with Crippen LogP contribution in [0.3, 0.4) is 0 Å². The molecule has 2 N–H and O–H groups in total. The molecule has 1 atom stereocenters. The first-order valence-electron chi connectivity index (χ1n) is 8.69. The second kappa shape index (κ2) is 8.89. The van der Waals surface area contributed by atoms with Gasteiger partial charge in [0, 0.05) is 18.0 Å². The summed E-state index contributed by atoms with van der Waals surface area (Å²) in [5.74, 6) is 1.89. The van der Waals surface area contributed by atoms with Crippen LogP contribution in [-0.2, 0) is 6.54 Å². The lowest BCUT2D eigenvalue weighted by atomic mass is 10.2. The van der Waals surface area contributed by atoms with Crippen LogP contribution in [0.25, 0.3) is 0 Å². The van der Waals surface area contributed by atoms with Gasteiger partial charge in [0.05, 0.1) is 18.8 Å². The van der Waals surface area contributed by atoms with Crippen molar-refractivity contribution in [2.24, 2.45) is 4.99 Å². The number of thiophene rings is 1.